The van der Waals surface area contributed by atoms with Gasteiger partial charge in [-0.3, -0.25) is 18.6 Å². The monoisotopic (exact) mass is 833 g/mol. The third kappa shape index (κ3) is 42.8. The van der Waals surface area contributed by atoms with Gasteiger partial charge in [0.05, 0.1) is 27.7 Å². The van der Waals surface area contributed by atoms with Crippen LogP contribution in [0.4, 0.5) is 0 Å². The number of unbranched alkanes of at least 4 members (excludes halogenated alkanes) is 11. The van der Waals surface area contributed by atoms with E-state index < -0.39 is 32.5 Å². The summed E-state index contributed by atoms with van der Waals surface area (Å²) in [6.07, 6.45) is 50.8. The summed E-state index contributed by atoms with van der Waals surface area (Å²) in [7, 11) is 1.41. The van der Waals surface area contributed by atoms with E-state index in [-0.39, 0.29) is 26.1 Å². The fraction of sp³-hybridized carbons (Fsp3) is 0.667. The van der Waals surface area contributed by atoms with Crippen molar-refractivity contribution in [3.05, 3.63) is 85.1 Å². The number of esters is 2. The number of hydrogen-bond acceptors (Lipinski definition) is 7. The topological polar surface area (TPSA) is 108 Å². The molecule has 0 spiro atoms. The van der Waals surface area contributed by atoms with Crippen LogP contribution in [0.3, 0.4) is 0 Å². The number of carbonyl (C=O) groups excluding carboxylic acids is 2. The van der Waals surface area contributed by atoms with E-state index >= 15 is 0 Å². The predicted molar refractivity (Wildman–Crippen MR) is 242 cm³/mol. The molecule has 10 heteroatoms. The fourth-order valence-corrected chi connectivity index (χ4v) is 6.12. The van der Waals surface area contributed by atoms with Gasteiger partial charge in [-0.05, 0) is 83.5 Å². The van der Waals surface area contributed by atoms with E-state index in [4.69, 9.17) is 18.5 Å². The number of likely N-dealkylation sites (N-methyl/N-ethyl adjacent to an activating group) is 1. The van der Waals surface area contributed by atoms with Crippen LogP contribution in [0.5, 0.6) is 0 Å². The number of hydrogen-bond donors (Lipinski definition) is 1. The molecule has 332 valence electrons. The van der Waals surface area contributed by atoms with Gasteiger partial charge in [0, 0.05) is 12.8 Å². The summed E-state index contributed by atoms with van der Waals surface area (Å²) in [5.74, 6) is -0.936. The average molecular weight is 833 g/mol. The number of allylic oxidation sites excluding steroid dienone is 14. The second-order valence-electron chi connectivity index (χ2n) is 15.7. The molecule has 0 saturated carbocycles. The first-order valence-corrected chi connectivity index (χ1v) is 23.8. The summed E-state index contributed by atoms with van der Waals surface area (Å²) < 4.78 is 34.1. The zero-order valence-corrected chi connectivity index (χ0v) is 38.1. The largest absolute Gasteiger partial charge is 0.472 e. The van der Waals surface area contributed by atoms with Crippen LogP contribution in [-0.2, 0) is 32.7 Å². The molecule has 2 unspecified atom stereocenters. The minimum atomic E-state index is -4.40. The molecule has 0 amide bonds. The van der Waals surface area contributed by atoms with Gasteiger partial charge in [0.1, 0.15) is 19.8 Å². The molecule has 0 aliphatic carbocycles. The summed E-state index contributed by atoms with van der Waals surface area (Å²) in [5, 5.41) is 0. The van der Waals surface area contributed by atoms with E-state index in [1.165, 1.54) is 64.2 Å². The third-order valence-corrected chi connectivity index (χ3v) is 9.90. The molecule has 0 aromatic heterocycles. The summed E-state index contributed by atoms with van der Waals surface area (Å²) in [6.45, 7) is 4.24. The van der Waals surface area contributed by atoms with E-state index in [0.29, 0.717) is 23.9 Å². The van der Waals surface area contributed by atoms with Gasteiger partial charge >= 0.3 is 19.8 Å². The van der Waals surface area contributed by atoms with Crippen LogP contribution in [0, 0.1) is 0 Å². The number of quaternary nitrogens is 1. The van der Waals surface area contributed by atoms with Crippen LogP contribution >= 0.6 is 7.82 Å². The lowest BCUT2D eigenvalue weighted by Gasteiger charge is -2.24. The Bertz CT molecular complexity index is 1260. The zero-order chi connectivity index (χ0) is 42.8. The Hall–Kier alpha value is -2.81. The molecule has 0 aromatic rings. The lowest BCUT2D eigenvalue weighted by molar-refractivity contribution is -0.870. The molecule has 0 aliphatic rings. The molecular formula is C48H83NO8P+. The van der Waals surface area contributed by atoms with Crippen LogP contribution in [0.15, 0.2) is 85.1 Å². The van der Waals surface area contributed by atoms with Crippen molar-refractivity contribution in [2.75, 3.05) is 47.5 Å². The SMILES string of the molecule is CCCCC/C=C/C/C=C/C/C=C/C/C=C/C/C=C/CCCCC(=O)OCC(COP(=O)(O)OCC[N+](C)(C)C)OC(=O)CC/C=C/C/C=C/CCCCCCCC. The van der Waals surface area contributed by atoms with Gasteiger partial charge in [-0.25, -0.2) is 4.57 Å². The minimum Gasteiger partial charge on any atom is -0.462 e. The van der Waals surface area contributed by atoms with Crippen molar-refractivity contribution in [3.8, 4) is 0 Å². The maximum atomic E-state index is 12.6. The van der Waals surface area contributed by atoms with Gasteiger partial charge in [0.2, 0.25) is 0 Å². The van der Waals surface area contributed by atoms with Gasteiger partial charge in [-0.2, -0.15) is 0 Å². The Balaban J connectivity index is 4.49. The highest BCUT2D eigenvalue weighted by Gasteiger charge is 2.27. The van der Waals surface area contributed by atoms with Crippen molar-refractivity contribution >= 4 is 19.8 Å². The van der Waals surface area contributed by atoms with E-state index in [1.807, 2.05) is 33.3 Å². The quantitative estimate of drug-likeness (QED) is 0.0214. The van der Waals surface area contributed by atoms with Crippen LogP contribution in [0.25, 0.3) is 0 Å². The average Bonchev–Trinajstić information content (AvgIpc) is 3.17. The van der Waals surface area contributed by atoms with Crippen molar-refractivity contribution < 1.29 is 42.1 Å². The maximum absolute atomic E-state index is 12.6. The van der Waals surface area contributed by atoms with E-state index in [9.17, 15) is 19.0 Å². The molecule has 9 nitrogen and oxygen atoms in total. The minimum absolute atomic E-state index is 0.0109. The molecule has 0 aliphatic heterocycles. The first kappa shape index (κ1) is 55.2. The summed E-state index contributed by atoms with van der Waals surface area (Å²) >= 11 is 0. The highest BCUT2D eigenvalue weighted by molar-refractivity contribution is 7.47. The first-order valence-electron chi connectivity index (χ1n) is 22.3. The second kappa shape index (κ2) is 39.6. The number of carbonyl (C=O) groups is 2. The molecular weight excluding hydrogens is 750 g/mol. The molecule has 0 bridgehead atoms. The molecule has 2 atom stereocenters. The maximum Gasteiger partial charge on any atom is 0.472 e. The lowest BCUT2D eigenvalue weighted by Crippen LogP contribution is -2.37. The smallest absolute Gasteiger partial charge is 0.462 e. The zero-order valence-electron chi connectivity index (χ0n) is 37.2. The molecule has 1 N–H and O–H groups in total. The molecule has 0 fully saturated rings. The van der Waals surface area contributed by atoms with Gasteiger partial charge in [-0.1, -0.05) is 144 Å². The molecule has 0 rings (SSSR count). The van der Waals surface area contributed by atoms with Crippen LogP contribution in [0.2, 0.25) is 0 Å². The fourth-order valence-electron chi connectivity index (χ4n) is 5.38. The normalized spacial score (nSPS) is 14.4. The third-order valence-electron chi connectivity index (χ3n) is 8.91. The summed E-state index contributed by atoms with van der Waals surface area (Å²) in [4.78, 5) is 35.3. The van der Waals surface area contributed by atoms with Gasteiger partial charge in [-0.15, -0.1) is 0 Å². The molecule has 0 aromatic carbocycles. The Morgan fingerprint density at radius 3 is 1.48 bits per heavy atom. The van der Waals surface area contributed by atoms with Crippen LogP contribution in [0.1, 0.15) is 155 Å². The molecule has 0 heterocycles. The number of ether oxygens (including phenoxy) is 2. The Morgan fingerprint density at radius 2 is 0.966 bits per heavy atom. The first-order chi connectivity index (χ1) is 28.0. The Kier molecular flexibility index (Phi) is 37.7. The Morgan fingerprint density at radius 1 is 0.534 bits per heavy atom. The lowest BCUT2D eigenvalue weighted by atomic mass is 10.1. The number of nitrogens with zero attached hydrogens (tertiary/aromatic N) is 1. The van der Waals surface area contributed by atoms with Crippen molar-refractivity contribution in [3.63, 3.8) is 0 Å². The predicted octanol–water partition coefficient (Wildman–Crippen LogP) is 12.8. The van der Waals surface area contributed by atoms with Crippen molar-refractivity contribution in [1.82, 2.24) is 0 Å². The van der Waals surface area contributed by atoms with Crippen molar-refractivity contribution in [1.29, 1.82) is 0 Å². The van der Waals surface area contributed by atoms with E-state index in [2.05, 4.69) is 86.8 Å². The standard InChI is InChI=1S/C48H82NO8P/c1-6-8-10-12-14-16-18-20-21-22-23-24-25-26-27-29-30-32-34-36-38-40-47(50)54-44-46(45-56-58(52,53)55-43-42-49(3,4)5)57-48(51)41-39-37-35-33-31-28-19-17-15-13-11-9-7-2/h14,16,20-21,23-24,26-28,30-32,35,37,46H,6-13,15,17-19,22,25,29,33-34,36,38-45H2,1-5H3/p+1/b16-14+,21-20+,24-23+,27-26+,31-28+,32-30+,37-35+. The van der Waals surface area contributed by atoms with E-state index in [0.717, 1.165) is 51.4 Å². The highest BCUT2D eigenvalue weighted by Crippen LogP contribution is 2.43. The van der Waals surface area contributed by atoms with E-state index in [1.54, 1.807) is 0 Å². The van der Waals surface area contributed by atoms with Crippen LogP contribution < -0.4 is 0 Å². The second-order valence-corrected chi connectivity index (χ2v) is 17.2. The van der Waals surface area contributed by atoms with Gasteiger partial charge < -0.3 is 18.9 Å². The molecule has 58 heavy (non-hydrogen) atoms. The highest BCUT2D eigenvalue weighted by atomic mass is 31.2. The number of rotatable bonds is 39. The van der Waals surface area contributed by atoms with Gasteiger partial charge in [0.25, 0.3) is 0 Å². The molecule has 0 saturated heterocycles. The molecule has 0 radical (unpaired) electrons. The van der Waals surface area contributed by atoms with Crippen LogP contribution in [-0.4, -0.2) is 74.9 Å². The van der Waals surface area contributed by atoms with Gasteiger partial charge in [0.15, 0.2) is 6.10 Å². The number of phosphoric ester groups is 1. The summed E-state index contributed by atoms with van der Waals surface area (Å²) in [5.41, 5.74) is 0. The summed E-state index contributed by atoms with van der Waals surface area (Å²) in [6, 6.07) is 0. The number of phosphoric acid groups is 1. The van der Waals surface area contributed by atoms with Crippen molar-refractivity contribution in [2.45, 2.75) is 161 Å². The van der Waals surface area contributed by atoms with Crippen molar-refractivity contribution in [2.24, 2.45) is 0 Å². The Labute approximate surface area is 354 Å².